The van der Waals surface area contributed by atoms with Gasteiger partial charge in [0.1, 0.15) is 0 Å². The van der Waals surface area contributed by atoms with E-state index in [1.54, 1.807) is 11.8 Å². The second-order valence-electron chi connectivity index (χ2n) is 4.70. The molecule has 20 heavy (non-hydrogen) atoms. The van der Waals surface area contributed by atoms with Crippen molar-refractivity contribution < 1.29 is 9.90 Å². The van der Waals surface area contributed by atoms with E-state index in [9.17, 15) is 4.79 Å². The first kappa shape index (κ1) is 14.9. The Labute approximate surface area is 123 Å². The minimum atomic E-state index is -0.0803. The Balaban J connectivity index is 2.13. The van der Waals surface area contributed by atoms with E-state index < -0.39 is 0 Å². The average molecular weight is 289 g/mol. The maximum atomic E-state index is 12.2. The third kappa shape index (κ3) is 3.74. The smallest absolute Gasteiger partial charge is 0.251 e. The summed E-state index contributed by atoms with van der Waals surface area (Å²) in [6.45, 7) is 0.0865. The molecule has 0 aliphatic carbocycles. The zero-order valence-electron chi connectivity index (χ0n) is 11.5. The van der Waals surface area contributed by atoms with Crippen molar-refractivity contribution in [2.75, 3.05) is 18.6 Å². The molecule has 0 heterocycles. The Hall–Kier alpha value is -1.52. The summed E-state index contributed by atoms with van der Waals surface area (Å²) in [4.78, 5) is 12.2. The average Bonchev–Trinajstić information content (AvgIpc) is 2.47. The number of nitrogens with one attached hydrogen (secondary N) is 1. The van der Waals surface area contributed by atoms with Crippen LogP contribution in [0.15, 0.2) is 42.5 Å². The molecule has 1 unspecified atom stereocenters. The summed E-state index contributed by atoms with van der Waals surface area (Å²) in [5.74, 6) is 0.725. The summed E-state index contributed by atoms with van der Waals surface area (Å²) in [6.07, 6.45) is 2.58. The highest BCUT2D eigenvalue weighted by Crippen LogP contribution is 2.16. The topological polar surface area (TPSA) is 49.3 Å². The van der Waals surface area contributed by atoms with E-state index in [1.165, 1.54) is 0 Å². The Morgan fingerprint density at radius 1 is 1.25 bits per heavy atom. The van der Waals surface area contributed by atoms with Crippen molar-refractivity contribution in [2.45, 2.75) is 12.5 Å². The third-order valence-corrected chi connectivity index (χ3v) is 3.93. The number of benzene rings is 2. The van der Waals surface area contributed by atoms with Gasteiger partial charge in [0.25, 0.3) is 5.91 Å². The molecule has 0 fully saturated rings. The van der Waals surface area contributed by atoms with Crippen molar-refractivity contribution in [1.82, 2.24) is 5.32 Å². The summed E-state index contributed by atoms with van der Waals surface area (Å²) < 4.78 is 0. The van der Waals surface area contributed by atoms with E-state index in [-0.39, 0.29) is 18.6 Å². The van der Waals surface area contributed by atoms with Crippen molar-refractivity contribution in [2.24, 2.45) is 0 Å². The van der Waals surface area contributed by atoms with Gasteiger partial charge in [-0.15, -0.1) is 0 Å². The van der Waals surface area contributed by atoms with Crippen LogP contribution in [0.4, 0.5) is 0 Å². The lowest BCUT2D eigenvalue weighted by Crippen LogP contribution is -2.37. The Bertz CT molecular complexity index is 579. The summed E-state index contributed by atoms with van der Waals surface area (Å²) in [5, 5.41) is 14.2. The fourth-order valence-electron chi connectivity index (χ4n) is 2.15. The van der Waals surface area contributed by atoms with Gasteiger partial charge in [0.05, 0.1) is 0 Å². The SMILES string of the molecule is CSCC(CCO)NC(=O)c1ccc2ccccc2c1. The van der Waals surface area contributed by atoms with Crippen LogP contribution in [-0.2, 0) is 0 Å². The maximum absolute atomic E-state index is 12.2. The fourth-order valence-corrected chi connectivity index (χ4v) is 2.81. The molecule has 2 aromatic rings. The Morgan fingerprint density at radius 2 is 2.00 bits per heavy atom. The van der Waals surface area contributed by atoms with Gasteiger partial charge in [0.2, 0.25) is 0 Å². The molecule has 0 radical (unpaired) electrons. The van der Waals surface area contributed by atoms with Crippen molar-refractivity contribution in [3.8, 4) is 0 Å². The van der Waals surface area contributed by atoms with E-state index in [0.717, 1.165) is 16.5 Å². The molecule has 2 aromatic carbocycles. The highest BCUT2D eigenvalue weighted by atomic mass is 32.2. The van der Waals surface area contributed by atoms with Crippen LogP contribution in [0.1, 0.15) is 16.8 Å². The first-order chi connectivity index (χ1) is 9.74. The van der Waals surface area contributed by atoms with Crippen LogP contribution in [0.25, 0.3) is 10.8 Å². The zero-order chi connectivity index (χ0) is 14.4. The highest BCUT2D eigenvalue weighted by Gasteiger charge is 2.13. The summed E-state index contributed by atoms with van der Waals surface area (Å²) in [7, 11) is 0. The summed E-state index contributed by atoms with van der Waals surface area (Å²) in [6, 6.07) is 13.7. The number of fused-ring (bicyclic) bond motifs is 1. The van der Waals surface area contributed by atoms with Gasteiger partial charge in [-0.25, -0.2) is 0 Å². The second-order valence-corrected chi connectivity index (χ2v) is 5.61. The standard InChI is InChI=1S/C16H19NO2S/c1-20-11-15(8-9-18)17-16(19)14-7-6-12-4-2-3-5-13(12)10-14/h2-7,10,15,18H,8-9,11H2,1H3,(H,17,19). The number of hydrogen-bond donors (Lipinski definition) is 2. The molecule has 2 N–H and O–H groups in total. The number of aliphatic hydroxyl groups excluding tert-OH is 1. The monoisotopic (exact) mass is 289 g/mol. The predicted octanol–water partition coefficient (Wildman–Crippen LogP) is 2.68. The number of carbonyl (C=O) groups excluding carboxylic acids is 1. The molecule has 2 rings (SSSR count). The number of amides is 1. The molecule has 0 saturated carbocycles. The predicted molar refractivity (Wildman–Crippen MR) is 85.3 cm³/mol. The quantitative estimate of drug-likeness (QED) is 0.859. The molecular weight excluding hydrogens is 270 g/mol. The van der Waals surface area contributed by atoms with Gasteiger partial charge in [-0.05, 0) is 35.6 Å². The number of rotatable bonds is 6. The second kappa shape index (κ2) is 7.31. The van der Waals surface area contributed by atoms with Crippen molar-refractivity contribution in [3.63, 3.8) is 0 Å². The third-order valence-electron chi connectivity index (χ3n) is 3.19. The molecule has 1 atom stereocenters. The molecule has 1 amide bonds. The largest absolute Gasteiger partial charge is 0.396 e. The zero-order valence-corrected chi connectivity index (χ0v) is 12.3. The van der Waals surface area contributed by atoms with Crippen LogP contribution < -0.4 is 5.32 Å². The van der Waals surface area contributed by atoms with Gasteiger partial charge < -0.3 is 10.4 Å². The number of carbonyl (C=O) groups is 1. The van der Waals surface area contributed by atoms with Gasteiger partial charge in [-0.2, -0.15) is 11.8 Å². The van der Waals surface area contributed by atoms with Crippen LogP contribution >= 0.6 is 11.8 Å². The number of thioether (sulfide) groups is 1. The molecule has 0 aliphatic rings. The highest BCUT2D eigenvalue weighted by molar-refractivity contribution is 7.98. The maximum Gasteiger partial charge on any atom is 0.251 e. The molecule has 0 saturated heterocycles. The van der Waals surface area contributed by atoms with Crippen molar-refractivity contribution >= 4 is 28.4 Å². The number of aliphatic hydroxyl groups is 1. The van der Waals surface area contributed by atoms with Crippen LogP contribution in [0.2, 0.25) is 0 Å². The van der Waals surface area contributed by atoms with Crippen molar-refractivity contribution in [1.29, 1.82) is 0 Å². The minimum Gasteiger partial charge on any atom is -0.396 e. The van der Waals surface area contributed by atoms with Gasteiger partial charge in [-0.1, -0.05) is 30.3 Å². The van der Waals surface area contributed by atoms with E-state index in [1.807, 2.05) is 48.7 Å². The minimum absolute atomic E-state index is 0.00831. The molecule has 0 aliphatic heterocycles. The Kier molecular flexibility index (Phi) is 5.44. The Morgan fingerprint density at radius 3 is 2.70 bits per heavy atom. The van der Waals surface area contributed by atoms with Crippen molar-refractivity contribution in [3.05, 3.63) is 48.0 Å². The van der Waals surface area contributed by atoms with E-state index >= 15 is 0 Å². The lowest BCUT2D eigenvalue weighted by atomic mass is 10.1. The van der Waals surface area contributed by atoms with E-state index in [4.69, 9.17) is 5.11 Å². The fraction of sp³-hybridized carbons (Fsp3) is 0.312. The van der Waals surface area contributed by atoms with Crippen LogP contribution in [0.3, 0.4) is 0 Å². The summed E-state index contributed by atoms with van der Waals surface area (Å²) >= 11 is 1.66. The molecule has 4 heteroatoms. The normalized spacial score (nSPS) is 12.3. The van der Waals surface area contributed by atoms with Crippen LogP contribution in [0, 0.1) is 0 Å². The van der Waals surface area contributed by atoms with Crippen LogP contribution in [-0.4, -0.2) is 35.7 Å². The molecule has 0 bridgehead atoms. The first-order valence-corrected chi connectivity index (χ1v) is 8.03. The lowest BCUT2D eigenvalue weighted by Gasteiger charge is -2.16. The van der Waals surface area contributed by atoms with Gasteiger partial charge in [-0.3, -0.25) is 4.79 Å². The molecule has 3 nitrogen and oxygen atoms in total. The molecule has 0 spiro atoms. The van der Waals surface area contributed by atoms with E-state index in [2.05, 4.69) is 5.32 Å². The molecule has 0 aromatic heterocycles. The van der Waals surface area contributed by atoms with E-state index in [0.29, 0.717) is 12.0 Å². The van der Waals surface area contributed by atoms with Gasteiger partial charge in [0.15, 0.2) is 0 Å². The first-order valence-electron chi connectivity index (χ1n) is 6.64. The lowest BCUT2D eigenvalue weighted by molar-refractivity contribution is 0.0935. The number of hydrogen-bond acceptors (Lipinski definition) is 3. The van der Waals surface area contributed by atoms with Gasteiger partial charge in [0, 0.05) is 24.0 Å². The summed E-state index contributed by atoms with van der Waals surface area (Å²) in [5.41, 5.74) is 0.660. The molecule has 106 valence electrons. The van der Waals surface area contributed by atoms with Crippen LogP contribution in [0.5, 0.6) is 0 Å². The molecular formula is C16H19NO2S. The van der Waals surface area contributed by atoms with Gasteiger partial charge >= 0.3 is 0 Å².